The summed E-state index contributed by atoms with van der Waals surface area (Å²) in [6, 6.07) is 3.86. The number of Topliss-reactive ketones (excluding diaryl/α,β-unsaturated/α-hetero) is 1. The van der Waals surface area contributed by atoms with Gasteiger partial charge in [-0.15, -0.1) is 0 Å². The largest absolute Gasteiger partial charge is 0.496 e. The number of benzene rings is 1. The summed E-state index contributed by atoms with van der Waals surface area (Å²) in [7, 11) is 3.27. The molecule has 0 heterocycles. The van der Waals surface area contributed by atoms with Gasteiger partial charge in [-0.1, -0.05) is 0 Å². The number of hydrogen-bond donors (Lipinski definition) is 0. The van der Waals surface area contributed by atoms with E-state index in [0.29, 0.717) is 12.2 Å². The standard InChI is InChI=1S/C13H16O3/c1-8-6-13(16-3)10(7-12(8)15-2)9-4-5-11(9)14/h6-7,9H,4-5H2,1-3H3/t9-/m1/s1. The molecule has 2 rings (SSSR count). The van der Waals surface area contributed by atoms with Crippen molar-refractivity contribution >= 4 is 5.78 Å². The van der Waals surface area contributed by atoms with Gasteiger partial charge in [0, 0.05) is 17.9 Å². The number of aryl methyl sites for hydroxylation is 1. The highest BCUT2D eigenvalue weighted by atomic mass is 16.5. The van der Waals surface area contributed by atoms with Gasteiger partial charge < -0.3 is 9.47 Å². The number of methoxy groups -OCH3 is 2. The first-order valence-corrected chi connectivity index (χ1v) is 5.42. The lowest BCUT2D eigenvalue weighted by molar-refractivity contribution is -0.125. The zero-order valence-corrected chi connectivity index (χ0v) is 9.87. The Labute approximate surface area is 95.4 Å². The van der Waals surface area contributed by atoms with E-state index >= 15 is 0 Å². The van der Waals surface area contributed by atoms with Crippen LogP contribution in [0.3, 0.4) is 0 Å². The smallest absolute Gasteiger partial charge is 0.140 e. The fraction of sp³-hybridized carbons (Fsp3) is 0.462. The average molecular weight is 220 g/mol. The fourth-order valence-electron chi connectivity index (χ4n) is 2.08. The third kappa shape index (κ3) is 1.66. The second kappa shape index (κ2) is 4.16. The highest BCUT2D eigenvalue weighted by molar-refractivity contribution is 5.92. The minimum Gasteiger partial charge on any atom is -0.496 e. The van der Waals surface area contributed by atoms with E-state index in [1.165, 1.54) is 0 Å². The first-order valence-electron chi connectivity index (χ1n) is 5.42. The van der Waals surface area contributed by atoms with Crippen molar-refractivity contribution in [2.24, 2.45) is 0 Å². The molecule has 0 spiro atoms. The van der Waals surface area contributed by atoms with Crippen LogP contribution in [0.4, 0.5) is 0 Å². The van der Waals surface area contributed by atoms with Gasteiger partial charge in [0.05, 0.1) is 14.2 Å². The highest BCUT2D eigenvalue weighted by Crippen LogP contribution is 2.40. The van der Waals surface area contributed by atoms with Crippen LogP contribution in [0.5, 0.6) is 11.5 Å². The molecule has 0 amide bonds. The third-order valence-electron chi connectivity index (χ3n) is 3.19. The van der Waals surface area contributed by atoms with Crippen LogP contribution < -0.4 is 9.47 Å². The molecule has 0 saturated heterocycles. The molecule has 0 unspecified atom stereocenters. The van der Waals surface area contributed by atoms with Crippen LogP contribution in [0.1, 0.15) is 29.9 Å². The number of ketones is 1. The molecule has 0 N–H and O–H groups in total. The highest BCUT2D eigenvalue weighted by Gasteiger charge is 2.32. The Morgan fingerprint density at radius 2 is 1.88 bits per heavy atom. The van der Waals surface area contributed by atoms with Crippen molar-refractivity contribution in [3.8, 4) is 11.5 Å². The Balaban J connectivity index is 2.45. The molecule has 1 aromatic rings. The second-order valence-electron chi connectivity index (χ2n) is 4.12. The average Bonchev–Trinajstić information content (AvgIpc) is 2.28. The summed E-state index contributed by atoms with van der Waals surface area (Å²) in [5, 5.41) is 0. The molecule has 1 fully saturated rings. The topological polar surface area (TPSA) is 35.5 Å². The predicted molar refractivity (Wildman–Crippen MR) is 61.3 cm³/mol. The quantitative estimate of drug-likeness (QED) is 0.785. The van der Waals surface area contributed by atoms with E-state index in [4.69, 9.17) is 9.47 Å². The number of hydrogen-bond acceptors (Lipinski definition) is 3. The van der Waals surface area contributed by atoms with Gasteiger partial charge in [-0.3, -0.25) is 4.79 Å². The van der Waals surface area contributed by atoms with Crippen LogP contribution in [-0.4, -0.2) is 20.0 Å². The molecule has 1 aromatic carbocycles. The van der Waals surface area contributed by atoms with Crippen LogP contribution in [-0.2, 0) is 4.79 Å². The maximum absolute atomic E-state index is 11.5. The van der Waals surface area contributed by atoms with E-state index in [9.17, 15) is 4.79 Å². The lowest BCUT2D eigenvalue weighted by atomic mass is 9.78. The number of carbonyl (C=O) groups excluding carboxylic acids is 1. The molecule has 1 atom stereocenters. The van der Waals surface area contributed by atoms with Crippen LogP contribution in [0.15, 0.2) is 12.1 Å². The molecule has 0 aromatic heterocycles. The Hall–Kier alpha value is -1.51. The first-order chi connectivity index (χ1) is 7.67. The molecule has 16 heavy (non-hydrogen) atoms. The fourth-order valence-corrected chi connectivity index (χ4v) is 2.08. The van der Waals surface area contributed by atoms with Crippen molar-refractivity contribution in [2.45, 2.75) is 25.7 Å². The van der Waals surface area contributed by atoms with Crippen molar-refractivity contribution in [1.29, 1.82) is 0 Å². The van der Waals surface area contributed by atoms with Crippen LogP contribution >= 0.6 is 0 Å². The summed E-state index contributed by atoms with van der Waals surface area (Å²) in [6.45, 7) is 1.97. The number of carbonyl (C=O) groups is 1. The second-order valence-corrected chi connectivity index (χ2v) is 4.12. The monoisotopic (exact) mass is 220 g/mol. The van der Waals surface area contributed by atoms with Gasteiger partial charge in [0.2, 0.25) is 0 Å². The summed E-state index contributed by atoms with van der Waals surface area (Å²) < 4.78 is 10.6. The normalized spacial score (nSPS) is 19.2. The summed E-state index contributed by atoms with van der Waals surface area (Å²) >= 11 is 0. The molecule has 3 heteroatoms. The van der Waals surface area contributed by atoms with Crippen molar-refractivity contribution < 1.29 is 14.3 Å². The maximum Gasteiger partial charge on any atom is 0.140 e. The number of rotatable bonds is 3. The SMILES string of the molecule is COc1cc([C@H]2CCC2=O)c(OC)cc1C. The minimum atomic E-state index is 0.00412. The molecule has 0 bridgehead atoms. The zero-order chi connectivity index (χ0) is 11.7. The van der Waals surface area contributed by atoms with Gasteiger partial charge in [0.25, 0.3) is 0 Å². The third-order valence-corrected chi connectivity index (χ3v) is 3.19. The lowest BCUT2D eigenvalue weighted by Crippen LogP contribution is -2.23. The van der Waals surface area contributed by atoms with Crippen LogP contribution in [0.2, 0.25) is 0 Å². The van der Waals surface area contributed by atoms with Crippen molar-refractivity contribution in [2.75, 3.05) is 14.2 Å². The van der Waals surface area contributed by atoms with Gasteiger partial charge in [-0.2, -0.15) is 0 Å². The summed E-state index contributed by atoms with van der Waals surface area (Å²) in [6.07, 6.45) is 1.60. The maximum atomic E-state index is 11.5. The van der Waals surface area contributed by atoms with E-state index < -0.39 is 0 Å². The van der Waals surface area contributed by atoms with Gasteiger partial charge in [-0.25, -0.2) is 0 Å². The van der Waals surface area contributed by atoms with Crippen molar-refractivity contribution in [1.82, 2.24) is 0 Å². The minimum absolute atomic E-state index is 0.00412. The summed E-state index contributed by atoms with van der Waals surface area (Å²) in [4.78, 5) is 11.5. The number of ether oxygens (including phenoxy) is 2. The molecule has 1 saturated carbocycles. The summed E-state index contributed by atoms with van der Waals surface area (Å²) in [5.41, 5.74) is 1.98. The van der Waals surface area contributed by atoms with Gasteiger partial charge >= 0.3 is 0 Å². The van der Waals surface area contributed by atoms with E-state index in [1.807, 2.05) is 19.1 Å². The van der Waals surface area contributed by atoms with Gasteiger partial charge in [0.15, 0.2) is 0 Å². The van der Waals surface area contributed by atoms with Crippen LogP contribution in [0.25, 0.3) is 0 Å². The van der Waals surface area contributed by atoms with Crippen molar-refractivity contribution in [3.63, 3.8) is 0 Å². The zero-order valence-electron chi connectivity index (χ0n) is 9.87. The van der Waals surface area contributed by atoms with E-state index in [-0.39, 0.29) is 5.92 Å². The van der Waals surface area contributed by atoms with Gasteiger partial charge in [0.1, 0.15) is 17.3 Å². The van der Waals surface area contributed by atoms with Gasteiger partial charge in [-0.05, 0) is 31.0 Å². The lowest BCUT2D eigenvalue weighted by Gasteiger charge is -2.26. The Bertz CT molecular complexity index is 423. The van der Waals surface area contributed by atoms with Crippen LogP contribution in [0, 0.1) is 6.92 Å². The first kappa shape index (κ1) is 11.0. The van der Waals surface area contributed by atoms with Crippen molar-refractivity contribution in [3.05, 3.63) is 23.3 Å². The molecule has 1 aliphatic rings. The molecular formula is C13H16O3. The van der Waals surface area contributed by atoms with E-state index in [0.717, 1.165) is 29.0 Å². The van der Waals surface area contributed by atoms with E-state index in [2.05, 4.69) is 0 Å². The Morgan fingerprint density at radius 3 is 2.31 bits per heavy atom. The molecular weight excluding hydrogens is 204 g/mol. The molecule has 3 nitrogen and oxygen atoms in total. The Kier molecular flexibility index (Phi) is 2.86. The summed E-state index contributed by atoms with van der Waals surface area (Å²) in [5.74, 6) is 1.90. The predicted octanol–water partition coefficient (Wildman–Crippen LogP) is 2.46. The van der Waals surface area contributed by atoms with E-state index in [1.54, 1.807) is 14.2 Å². The molecule has 0 aliphatic heterocycles. The molecule has 1 aliphatic carbocycles. The molecule has 86 valence electrons. The molecule has 0 radical (unpaired) electrons. The Morgan fingerprint density at radius 1 is 1.19 bits per heavy atom.